The number of fused-ring (bicyclic) bond motifs is 1. The molecule has 0 aliphatic carbocycles. The molecule has 0 saturated carbocycles. The second-order valence-electron chi connectivity index (χ2n) is 6.37. The third-order valence-electron chi connectivity index (χ3n) is 4.69. The molecule has 0 unspecified atom stereocenters. The topological polar surface area (TPSA) is 58.4 Å². The highest BCUT2D eigenvalue weighted by molar-refractivity contribution is 5.76. The summed E-state index contributed by atoms with van der Waals surface area (Å²) < 4.78 is 5.13. The number of rotatable bonds is 6. The lowest BCUT2D eigenvalue weighted by atomic mass is 10.0. The third kappa shape index (κ3) is 3.78. The van der Waals surface area contributed by atoms with Crippen molar-refractivity contribution in [3.8, 4) is 0 Å². The highest BCUT2D eigenvalue weighted by Crippen LogP contribution is 2.26. The molecule has 128 valence electrons. The SMILES string of the molecule is Cc1noc(C)c1CCC(=O)NCCN1CCCc2ccccc21. The molecule has 2 heterocycles. The van der Waals surface area contributed by atoms with Crippen LogP contribution < -0.4 is 10.2 Å². The normalized spacial score (nSPS) is 13.7. The van der Waals surface area contributed by atoms with Crippen LogP contribution in [0.25, 0.3) is 0 Å². The van der Waals surface area contributed by atoms with Crippen molar-refractivity contribution in [3.05, 3.63) is 46.8 Å². The van der Waals surface area contributed by atoms with Crippen LogP contribution in [-0.2, 0) is 17.6 Å². The largest absolute Gasteiger partial charge is 0.370 e. The number of anilines is 1. The zero-order valence-electron chi connectivity index (χ0n) is 14.5. The smallest absolute Gasteiger partial charge is 0.220 e. The van der Waals surface area contributed by atoms with Gasteiger partial charge in [-0.3, -0.25) is 4.79 Å². The molecule has 0 saturated heterocycles. The predicted molar refractivity (Wildman–Crippen MR) is 94.3 cm³/mol. The van der Waals surface area contributed by atoms with E-state index >= 15 is 0 Å². The molecule has 0 bridgehead atoms. The number of aryl methyl sites for hydroxylation is 3. The Kier molecular flexibility index (Phi) is 5.18. The number of benzene rings is 1. The van der Waals surface area contributed by atoms with E-state index in [1.54, 1.807) is 0 Å². The lowest BCUT2D eigenvalue weighted by molar-refractivity contribution is -0.120. The summed E-state index contributed by atoms with van der Waals surface area (Å²) in [5.41, 5.74) is 4.66. The van der Waals surface area contributed by atoms with Gasteiger partial charge in [0.05, 0.1) is 5.69 Å². The monoisotopic (exact) mass is 327 g/mol. The number of hydrogen-bond donors (Lipinski definition) is 1. The summed E-state index contributed by atoms with van der Waals surface area (Å²) in [7, 11) is 0. The standard InChI is InChI=1S/C19H25N3O2/c1-14-17(15(2)24-21-14)9-10-19(23)20-11-13-22-12-5-7-16-6-3-4-8-18(16)22/h3-4,6,8H,5,7,9-13H2,1-2H3,(H,20,23). The Labute approximate surface area is 143 Å². The molecule has 0 radical (unpaired) electrons. The first kappa shape index (κ1) is 16.6. The molecule has 0 atom stereocenters. The maximum absolute atomic E-state index is 12.1. The van der Waals surface area contributed by atoms with Crippen LogP contribution >= 0.6 is 0 Å². The maximum atomic E-state index is 12.1. The summed E-state index contributed by atoms with van der Waals surface area (Å²) in [4.78, 5) is 14.4. The third-order valence-corrected chi connectivity index (χ3v) is 4.69. The molecule has 2 aromatic rings. The molecule has 0 fully saturated rings. The number of carbonyl (C=O) groups excluding carboxylic acids is 1. The van der Waals surface area contributed by atoms with Gasteiger partial charge in [0, 0.05) is 37.3 Å². The fourth-order valence-corrected chi connectivity index (χ4v) is 3.36. The van der Waals surface area contributed by atoms with E-state index in [2.05, 4.69) is 39.6 Å². The molecule has 3 rings (SSSR count). The lowest BCUT2D eigenvalue weighted by Gasteiger charge is -2.31. The Morgan fingerprint density at radius 1 is 1.33 bits per heavy atom. The van der Waals surface area contributed by atoms with E-state index in [0.717, 1.165) is 36.5 Å². The average Bonchev–Trinajstić information content (AvgIpc) is 2.91. The van der Waals surface area contributed by atoms with Gasteiger partial charge in [0.2, 0.25) is 5.91 Å². The Balaban J connectivity index is 1.45. The number of carbonyl (C=O) groups is 1. The van der Waals surface area contributed by atoms with Crippen LogP contribution in [0.1, 0.15) is 35.4 Å². The highest BCUT2D eigenvalue weighted by Gasteiger charge is 2.16. The minimum Gasteiger partial charge on any atom is -0.370 e. The summed E-state index contributed by atoms with van der Waals surface area (Å²) in [6, 6.07) is 8.55. The van der Waals surface area contributed by atoms with E-state index in [0.29, 0.717) is 19.4 Å². The van der Waals surface area contributed by atoms with Crippen molar-refractivity contribution in [1.29, 1.82) is 0 Å². The van der Waals surface area contributed by atoms with E-state index in [-0.39, 0.29) is 5.91 Å². The van der Waals surface area contributed by atoms with Gasteiger partial charge in [-0.15, -0.1) is 0 Å². The van der Waals surface area contributed by atoms with Crippen LogP contribution in [0.2, 0.25) is 0 Å². The van der Waals surface area contributed by atoms with Crippen molar-refractivity contribution in [1.82, 2.24) is 10.5 Å². The van der Waals surface area contributed by atoms with E-state index < -0.39 is 0 Å². The predicted octanol–water partition coefficient (Wildman–Crippen LogP) is 2.79. The van der Waals surface area contributed by atoms with Crippen molar-refractivity contribution in [2.24, 2.45) is 0 Å². The van der Waals surface area contributed by atoms with Crippen LogP contribution in [0.3, 0.4) is 0 Å². The van der Waals surface area contributed by atoms with Crippen LogP contribution in [0.4, 0.5) is 5.69 Å². The van der Waals surface area contributed by atoms with Gasteiger partial charge in [-0.2, -0.15) is 0 Å². The number of nitrogens with one attached hydrogen (secondary N) is 1. The van der Waals surface area contributed by atoms with E-state index in [4.69, 9.17) is 4.52 Å². The summed E-state index contributed by atoms with van der Waals surface area (Å²) in [5, 5.41) is 6.96. The minimum absolute atomic E-state index is 0.0836. The van der Waals surface area contributed by atoms with Gasteiger partial charge in [-0.25, -0.2) is 0 Å². The second-order valence-corrected chi connectivity index (χ2v) is 6.37. The van der Waals surface area contributed by atoms with Crippen molar-refractivity contribution in [3.63, 3.8) is 0 Å². The molecule has 1 N–H and O–H groups in total. The van der Waals surface area contributed by atoms with Gasteiger partial charge in [-0.05, 0) is 44.7 Å². The maximum Gasteiger partial charge on any atom is 0.220 e. The first-order valence-electron chi connectivity index (χ1n) is 8.66. The zero-order chi connectivity index (χ0) is 16.9. The quantitative estimate of drug-likeness (QED) is 0.886. The second kappa shape index (κ2) is 7.51. The molecule has 24 heavy (non-hydrogen) atoms. The fraction of sp³-hybridized carbons (Fsp3) is 0.474. The first-order valence-corrected chi connectivity index (χ1v) is 8.66. The number of nitrogens with zero attached hydrogens (tertiary/aromatic N) is 2. The molecule has 1 aromatic carbocycles. The number of amides is 1. The van der Waals surface area contributed by atoms with Gasteiger partial charge >= 0.3 is 0 Å². The lowest BCUT2D eigenvalue weighted by Crippen LogP contribution is -2.37. The van der Waals surface area contributed by atoms with Gasteiger partial charge in [0.25, 0.3) is 0 Å². The van der Waals surface area contributed by atoms with Crippen molar-refractivity contribution in [2.75, 3.05) is 24.5 Å². The summed E-state index contributed by atoms with van der Waals surface area (Å²) in [6.45, 7) is 6.40. The Morgan fingerprint density at radius 2 is 2.17 bits per heavy atom. The van der Waals surface area contributed by atoms with Crippen molar-refractivity contribution >= 4 is 11.6 Å². The van der Waals surface area contributed by atoms with Crippen LogP contribution in [0.15, 0.2) is 28.8 Å². The Bertz CT molecular complexity index is 689. The molecular formula is C19H25N3O2. The van der Waals surface area contributed by atoms with Crippen LogP contribution in [0.5, 0.6) is 0 Å². The van der Waals surface area contributed by atoms with Crippen molar-refractivity contribution < 1.29 is 9.32 Å². The Morgan fingerprint density at radius 3 is 2.96 bits per heavy atom. The van der Waals surface area contributed by atoms with E-state index in [1.807, 2.05) is 13.8 Å². The summed E-state index contributed by atoms with van der Waals surface area (Å²) in [6.07, 6.45) is 3.48. The molecule has 1 aliphatic rings. The van der Waals surface area contributed by atoms with Crippen LogP contribution in [-0.4, -0.2) is 30.7 Å². The number of para-hydroxylation sites is 1. The molecular weight excluding hydrogens is 302 g/mol. The molecule has 1 aromatic heterocycles. The Hall–Kier alpha value is -2.30. The summed E-state index contributed by atoms with van der Waals surface area (Å²) in [5.74, 6) is 0.894. The van der Waals surface area contributed by atoms with Gasteiger partial charge in [-0.1, -0.05) is 23.4 Å². The summed E-state index contributed by atoms with van der Waals surface area (Å²) >= 11 is 0. The van der Waals surface area contributed by atoms with Gasteiger partial charge in [0.1, 0.15) is 5.76 Å². The molecule has 5 heteroatoms. The average molecular weight is 327 g/mol. The van der Waals surface area contributed by atoms with E-state index in [9.17, 15) is 4.79 Å². The molecule has 1 aliphatic heterocycles. The number of hydrogen-bond acceptors (Lipinski definition) is 4. The molecule has 0 spiro atoms. The first-order chi connectivity index (χ1) is 11.6. The van der Waals surface area contributed by atoms with E-state index in [1.165, 1.54) is 17.7 Å². The highest BCUT2D eigenvalue weighted by atomic mass is 16.5. The van der Waals surface area contributed by atoms with Gasteiger partial charge < -0.3 is 14.7 Å². The molecule has 1 amide bonds. The fourth-order valence-electron chi connectivity index (χ4n) is 3.36. The van der Waals surface area contributed by atoms with Crippen LogP contribution in [0, 0.1) is 13.8 Å². The number of aromatic nitrogens is 1. The van der Waals surface area contributed by atoms with Crippen molar-refractivity contribution in [2.45, 2.75) is 39.5 Å². The minimum atomic E-state index is 0.0836. The molecule has 5 nitrogen and oxygen atoms in total. The van der Waals surface area contributed by atoms with Gasteiger partial charge in [0.15, 0.2) is 0 Å². The zero-order valence-corrected chi connectivity index (χ0v) is 14.5.